The molecule has 1 aromatic rings. The van der Waals surface area contributed by atoms with E-state index in [1.807, 2.05) is 0 Å². The third-order valence-corrected chi connectivity index (χ3v) is 7.39. The van der Waals surface area contributed by atoms with Crippen molar-refractivity contribution >= 4 is 0 Å². The summed E-state index contributed by atoms with van der Waals surface area (Å²) in [6.45, 7) is 4.65. The van der Waals surface area contributed by atoms with Crippen LogP contribution in [-0.2, 0) is 6.42 Å². The second-order valence-electron chi connectivity index (χ2n) is 8.94. The molecule has 0 heterocycles. The molecule has 0 radical (unpaired) electrons. The smallest absolute Gasteiger partial charge is 0.119 e. The van der Waals surface area contributed by atoms with Gasteiger partial charge in [0, 0.05) is 0 Å². The van der Waals surface area contributed by atoms with Crippen molar-refractivity contribution in [3.8, 4) is 5.75 Å². The van der Waals surface area contributed by atoms with E-state index in [0.717, 1.165) is 24.0 Å². The van der Waals surface area contributed by atoms with Crippen LogP contribution in [-0.4, -0.2) is 18.3 Å². The Bertz CT molecular complexity index is 608. The van der Waals surface area contributed by atoms with Gasteiger partial charge in [-0.15, -0.1) is 0 Å². The second kappa shape index (κ2) is 6.05. The van der Waals surface area contributed by atoms with E-state index in [0.29, 0.717) is 11.8 Å². The molecule has 2 nitrogen and oxygen atoms in total. The molecule has 5 atom stereocenters. The van der Waals surface area contributed by atoms with Gasteiger partial charge in [-0.3, -0.25) is 0 Å². The molecule has 0 unspecified atom stereocenters. The predicted octanol–water partition coefficient (Wildman–Crippen LogP) is 4.94. The number of benzene rings is 1. The summed E-state index contributed by atoms with van der Waals surface area (Å²) in [7, 11) is 1.76. The van der Waals surface area contributed by atoms with Gasteiger partial charge >= 0.3 is 0 Å². The molecule has 4 rings (SSSR count). The van der Waals surface area contributed by atoms with Crippen molar-refractivity contribution in [2.45, 2.75) is 70.8 Å². The summed E-state index contributed by atoms with van der Waals surface area (Å²) in [5, 5.41) is 10.9. The molecule has 132 valence electrons. The lowest BCUT2D eigenvalue weighted by Crippen LogP contribution is -2.46. The average molecular weight is 328 g/mol. The molecule has 3 aliphatic rings. The third kappa shape index (κ3) is 2.41. The van der Waals surface area contributed by atoms with Crippen LogP contribution in [0.3, 0.4) is 0 Å². The number of methoxy groups -OCH3 is 1. The van der Waals surface area contributed by atoms with Gasteiger partial charge in [-0.25, -0.2) is 0 Å². The van der Waals surface area contributed by atoms with Crippen molar-refractivity contribution in [3.63, 3.8) is 0 Å². The molecule has 0 bridgehead atoms. The lowest BCUT2D eigenvalue weighted by Gasteiger charge is -2.52. The Morgan fingerprint density at radius 1 is 1.21 bits per heavy atom. The number of ether oxygens (including phenoxy) is 1. The topological polar surface area (TPSA) is 29.5 Å². The van der Waals surface area contributed by atoms with Crippen molar-refractivity contribution in [1.29, 1.82) is 0 Å². The Morgan fingerprint density at radius 3 is 2.79 bits per heavy atom. The van der Waals surface area contributed by atoms with E-state index in [1.54, 1.807) is 12.7 Å². The molecule has 2 fully saturated rings. The van der Waals surface area contributed by atoms with Crippen molar-refractivity contribution in [3.05, 3.63) is 29.3 Å². The third-order valence-electron chi connectivity index (χ3n) is 7.39. The molecule has 2 saturated carbocycles. The van der Waals surface area contributed by atoms with Crippen LogP contribution in [0.2, 0.25) is 0 Å². The van der Waals surface area contributed by atoms with E-state index >= 15 is 0 Å². The van der Waals surface area contributed by atoms with Crippen LogP contribution in [0.15, 0.2) is 18.2 Å². The molecule has 1 N–H and O–H groups in total. The van der Waals surface area contributed by atoms with Crippen LogP contribution in [0.25, 0.3) is 0 Å². The summed E-state index contributed by atoms with van der Waals surface area (Å²) in [5.74, 6) is 3.88. The molecule has 2 heteroatoms. The first-order valence-corrected chi connectivity index (χ1v) is 9.90. The Kier molecular flexibility index (Phi) is 4.15. The molecule has 3 aliphatic carbocycles. The van der Waals surface area contributed by atoms with Gasteiger partial charge in [0.1, 0.15) is 5.75 Å². The maximum Gasteiger partial charge on any atom is 0.119 e. The van der Waals surface area contributed by atoms with E-state index in [9.17, 15) is 5.11 Å². The summed E-state index contributed by atoms with van der Waals surface area (Å²) >= 11 is 0. The quantitative estimate of drug-likeness (QED) is 0.851. The number of rotatable bonds is 3. The number of aliphatic hydroxyl groups is 1. The summed E-state index contributed by atoms with van der Waals surface area (Å²) in [4.78, 5) is 0. The predicted molar refractivity (Wildman–Crippen MR) is 97.4 cm³/mol. The molecule has 0 aliphatic heterocycles. The van der Waals surface area contributed by atoms with E-state index in [1.165, 1.54) is 44.1 Å². The number of aliphatic hydroxyl groups excluding tert-OH is 1. The molecule has 24 heavy (non-hydrogen) atoms. The van der Waals surface area contributed by atoms with Gasteiger partial charge < -0.3 is 9.84 Å². The van der Waals surface area contributed by atoms with Crippen LogP contribution in [0.1, 0.15) is 69.4 Å². The molecule has 1 aromatic carbocycles. The van der Waals surface area contributed by atoms with Crippen LogP contribution in [0, 0.1) is 23.2 Å². The lowest BCUT2D eigenvalue weighted by molar-refractivity contribution is -0.0505. The minimum Gasteiger partial charge on any atom is -0.497 e. The summed E-state index contributed by atoms with van der Waals surface area (Å²) in [6.07, 6.45) is 8.34. The van der Waals surface area contributed by atoms with Gasteiger partial charge in [0.25, 0.3) is 0 Å². The van der Waals surface area contributed by atoms with E-state index < -0.39 is 0 Å². The average Bonchev–Trinajstić information content (AvgIpc) is 2.90. The number of hydrogen-bond donors (Lipinski definition) is 1. The van der Waals surface area contributed by atoms with Gasteiger partial charge in [0.15, 0.2) is 0 Å². The summed E-state index contributed by atoms with van der Waals surface area (Å²) in [6, 6.07) is 6.72. The Labute approximate surface area is 146 Å². The van der Waals surface area contributed by atoms with E-state index in [4.69, 9.17) is 4.74 Å². The largest absolute Gasteiger partial charge is 0.497 e. The van der Waals surface area contributed by atoms with Gasteiger partial charge in [-0.2, -0.15) is 0 Å². The Morgan fingerprint density at radius 2 is 2.04 bits per heavy atom. The molecule has 0 amide bonds. The number of hydrogen-bond acceptors (Lipinski definition) is 2. The Balaban J connectivity index is 1.66. The van der Waals surface area contributed by atoms with Gasteiger partial charge in [0.05, 0.1) is 13.2 Å². The first kappa shape index (κ1) is 16.4. The van der Waals surface area contributed by atoms with Crippen molar-refractivity contribution in [2.75, 3.05) is 7.11 Å². The fourth-order valence-corrected chi connectivity index (χ4v) is 6.62. The van der Waals surface area contributed by atoms with E-state index in [2.05, 4.69) is 32.0 Å². The van der Waals surface area contributed by atoms with Crippen LogP contribution < -0.4 is 4.74 Å². The number of fused-ring (bicyclic) bond motifs is 5. The molecule has 0 saturated heterocycles. The molecule has 0 aromatic heterocycles. The summed E-state index contributed by atoms with van der Waals surface area (Å²) < 4.78 is 5.43. The lowest BCUT2D eigenvalue weighted by atomic mass is 9.53. The number of aryl methyl sites for hydroxylation is 1. The Hall–Kier alpha value is -1.02. The standard InChI is InChI=1S/C22H32O2/c1-14(2)13-22-11-10-18-17-7-5-16(24-3)12-15(17)4-6-19(18)20(22)8-9-21(22)23/h5,7,12,14,18-21,23H,4,6,8-11,13H2,1-3H3/t18-,19-,20+,21+,22-/m1/s1. The minimum atomic E-state index is -0.0666. The molecule has 0 spiro atoms. The first-order chi connectivity index (χ1) is 11.5. The van der Waals surface area contributed by atoms with Crippen molar-refractivity contribution in [2.24, 2.45) is 23.2 Å². The maximum absolute atomic E-state index is 10.9. The van der Waals surface area contributed by atoms with Crippen LogP contribution >= 0.6 is 0 Å². The first-order valence-electron chi connectivity index (χ1n) is 9.90. The highest BCUT2D eigenvalue weighted by Crippen LogP contribution is 2.63. The monoisotopic (exact) mass is 328 g/mol. The van der Waals surface area contributed by atoms with Gasteiger partial charge in [-0.1, -0.05) is 19.9 Å². The molecular formula is C22H32O2. The maximum atomic E-state index is 10.9. The molecular weight excluding hydrogens is 296 g/mol. The van der Waals surface area contributed by atoms with Crippen molar-refractivity contribution in [1.82, 2.24) is 0 Å². The van der Waals surface area contributed by atoms with Crippen LogP contribution in [0.5, 0.6) is 5.75 Å². The zero-order chi connectivity index (χ0) is 16.9. The van der Waals surface area contributed by atoms with Crippen molar-refractivity contribution < 1.29 is 9.84 Å². The minimum absolute atomic E-state index is 0.0666. The van der Waals surface area contributed by atoms with Crippen LogP contribution in [0.4, 0.5) is 0 Å². The fraction of sp³-hybridized carbons (Fsp3) is 0.727. The SMILES string of the molecule is COc1ccc2c(c1)CC[C@@H]1[C@@H]2CC[C@]2(CC(C)C)[C@@H](O)CC[C@@H]12. The highest BCUT2D eigenvalue weighted by molar-refractivity contribution is 5.40. The second-order valence-corrected chi connectivity index (χ2v) is 8.94. The highest BCUT2D eigenvalue weighted by Gasteiger charge is 2.56. The highest BCUT2D eigenvalue weighted by atomic mass is 16.5. The summed E-state index contributed by atoms with van der Waals surface area (Å²) in [5.41, 5.74) is 3.29. The van der Waals surface area contributed by atoms with Gasteiger partial charge in [-0.05, 0) is 97.3 Å². The van der Waals surface area contributed by atoms with Gasteiger partial charge in [0.2, 0.25) is 0 Å². The fourth-order valence-electron chi connectivity index (χ4n) is 6.62. The zero-order valence-corrected chi connectivity index (χ0v) is 15.4. The normalized spacial score (nSPS) is 37.7. The zero-order valence-electron chi connectivity index (χ0n) is 15.4. The van der Waals surface area contributed by atoms with E-state index in [-0.39, 0.29) is 11.5 Å².